The summed E-state index contributed by atoms with van der Waals surface area (Å²) < 4.78 is 5.29. The zero-order valence-electron chi connectivity index (χ0n) is 14.5. The van der Waals surface area contributed by atoms with Crippen molar-refractivity contribution in [3.8, 4) is 0 Å². The molecule has 0 radical (unpaired) electrons. The minimum absolute atomic E-state index is 0.174. The van der Waals surface area contributed by atoms with E-state index in [0.717, 1.165) is 11.3 Å². The number of hydrogen-bond acceptors (Lipinski definition) is 3. The van der Waals surface area contributed by atoms with Crippen molar-refractivity contribution in [2.75, 3.05) is 11.9 Å². The number of benzene rings is 2. The van der Waals surface area contributed by atoms with Crippen LogP contribution < -0.4 is 10.6 Å². The number of carbonyl (C=O) groups is 1. The van der Waals surface area contributed by atoms with Crippen molar-refractivity contribution < 1.29 is 9.53 Å². The van der Waals surface area contributed by atoms with Gasteiger partial charge in [-0.15, -0.1) is 0 Å². The van der Waals surface area contributed by atoms with Crippen LogP contribution in [-0.2, 0) is 4.74 Å². The van der Waals surface area contributed by atoms with E-state index in [2.05, 4.69) is 10.6 Å². The molecule has 0 aliphatic heterocycles. The van der Waals surface area contributed by atoms with Gasteiger partial charge in [0.1, 0.15) is 5.60 Å². The van der Waals surface area contributed by atoms with Crippen LogP contribution in [0.1, 0.15) is 32.4 Å². The van der Waals surface area contributed by atoms with Crippen LogP contribution in [0.25, 0.3) is 0 Å². The molecule has 4 nitrogen and oxygen atoms in total. The van der Waals surface area contributed by atoms with Gasteiger partial charge in [-0.2, -0.15) is 0 Å². The molecule has 0 aliphatic rings. The number of nitrogens with one attached hydrogen (secondary N) is 2. The first kappa shape index (κ1) is 19.4. The Bertz CT molecular complexity index is 712. The lowest BCUT2D eigenvalue weighted by Crippen LogP contribution is -2.36. The van der Waals surface area contributed by atoms with Gasteiger partial charge in [-0.1, -0.05) is 35.3 Å². The summed E-state index contributed by atoms with van der Waals surface area (Å²) in [4.78, 5) is 12.0. The van der Waals surface area contributed by atoms with Gasteiger partial charge in [0, 0.05) is 22.3 Å². The van der Waals surface area contributed by atoms with Crippen molar-refractivity contribution >= 4 is 35.0 Å². The predicted molar refractivity (Wildman–Crippen MR) is 104 cm³/mol. The average Bonchev–Trinajstić information content (AvgIpc) is 2.51. The van der Waals surface area contributed by atoms with Crippen LogP contribution in [-0.4, -0.2) is 18.2 Å². The lowest BCUT2D eigenvalue weighted by molar-refractivity contribution is 0.0525. The molecular weight excluding hydrogens is 359 g/mol. The summed E-state index contributed by atoms with van der Waals surface area (Å²) in [6.07, 6.45) is -0.461. The van der Waals surface area contributed by atoms with Crippen molar-refractivity contribution in [3.63, 3.8) is 0 Å². The molecule has 0 saturated heterocycles. The number of amides is 1. The quantitative estimate of drug-likeness (QED) is 0.702. The number of halogens is 2. The fourth-order valence-corrected chi connectivity index (χ4v) is 2.55. The Balaban J connectivity index is 2.12. The lowest BCUT2D eigenvalue weighted by Gasteiger charge is -2.24. The highest BCUT2D eigenvalue weighted by Gasteiger charge is 2.18. The molecule has 1 atom stereocenters. The van der Waals surface area contributed by atoms with E-state index in [-0.39, 0.29) is 6.04 Å². The Hall–Kier alpha value is -1.91. The summed E-state index contributed by atoms with van der Waals surface area (Å²) in [7, 11) is 0. The maximum absolute atomic E-state index is 12.0. The van der Waals surface area contributed by atoms with Gasteiger partial charge < -0.3 is 15.4 Å². The molecule has 2 aromatic rings. The van der Waals surface area contributed by atoms with E-state index in [1.54, 1.807) is 12.1 Å². The van der Waals surface area contributed by atoms with Gasteiger partial charge >= 0.3 is 6.09 Å². The lowest BCUT2D eigenvalue weighted by atomic mass is 10.1. The molecule has 0 bridgehead atoms. The van der Waals surface area contributed by atoms with Crippen molar-refractivity contribution in [2.45, 2.75) is 32.4 Å². The second-order valence-electron chi connectivity index (χ2n) is 6.64. The summed E-state index contributed by atoms with van der Waals surface area (Å²) >= 11 is 12.0. The second kappa shape index (κ2) is 8.45. The summed E-state index contributed by atoms with van der Waals surface area (Å²) in [5.74, 6) is 0. The van der Waals surface area contributed by atoms with E-state index in [1.165, 1.54) is 0 Å². The highest BCUT2D eigenvalue weighted by Crippen LogP contribution is 2.23. The van der Waals surface area contributed by atoms with Gasteiger partial charge in [0.05, 0.1) is 6.04 Å². The number of carbonyl (C=O) groups excluding carboxylic acids is 1. The number of hydrogen-bond donors (Lipinski definition) is 2. The molecule has 2 rings (SSSR count). The zero-order valence-corrected chi connectivity index (χ0v) is 16.0. The monoisotopic (exact) mass is 380 g/mol. The molecular formula is C19H22Cl2N2O2. The Morgan fingerprint density at radius 2 is 1.76 bits per heavy atom. The van der Waals surface area contributed by atoms with E-state index in [1.807, 2.05) is 57.2 Å². The Labute approximate surface area is 158 Å². The standard InChI is InChI=1S/C19H22Cl2N2O2/c1-19(2,3)25-18(24)22-12-17(13-5-4-6-15(21)11-13)23-16-9-7-14(20)8-10-16/h4-11,17,23H,12H2,1-3H3,(H,22,24)/t17-/m1/s1. The molecule has 0 heterocycles. The van der Waals surface area contributed by atoms with E-state index in [0.29, 0.717) is 16.6 Å². The molecule has 0 spiro atoms. The third kappa shape index (κ3) is 6.85. The molecule has 25 heavy (non-hydrogen) atoms. The minimum Gasteiger partial charge on any atom is -0.444 e. The largest absolute Gasteiger partial charge is 0.444 e. The van der Waals surface area contributed by atoms with Crippen LogP contribution >= 0.6 is 23.2 Å². The van der Waals surface area contributed by atoms with Gasteiger partial charge in [0.25, 0.3) is 0 Å². The van der Waals surface area contributed by atoms with Crippen LogP contribution in [0.4, 0.5) is 10.5 Å². The van der Waals surface area contributed by atoms with Gasteiger partial charge in [0.15, 0.2) is 0 Å². The maximum atomic E-state index is 12.0. The summed E-state index contributed by atoms with van der Waals surface area (Å²) in [5, 5.41) is 7.48. The molecule has 2 aromatic carbocycles. The minimum atomic E-state index is -0.542. The third-order valence-electron chi connectivity index (χ3n) is 3.29. The first-order valence-electron chi connectivity index (χ1n) is 7.97. The third-order valence-corrected chi connectivity index (χ3v) is 3.77. The SMILES string of the molecule is CC(C)(C)OC(=O)NC[C@@H](Nc1ccc(Cl)cc1)c1cccc(Cl)c1. The number of ether oxygens (including phenoxy) is 1. The normalized spacial score (nSPS) is 12.4. The van der Waals surface area contributed by atoms with Gasteiger partial charge in [-0.05, 0) is 62.7 Å². The molecule has 0 fully saturated rings. The Kier molecular flexibility index (Phi) is 6.57. The fraction of sp³-hybridized carbons (Fsp3) is 0.316. The fourth-order valence-electron chi connectivity index (χ4n) is 2.22. The molecule has 134 valence electrons. The van der Waals surface area contributed by atoms with Crippen molar-refractivity contribution in [2.24, 2.45) is 0 Å². The average molecular weight is 381 g/mol. The molecule has 1 amide bonds. The van der Waals surface area contributed by atoms with Crippen LogP contribution in [0.15, 0.2) is 48.5 Å². The topological polar surface area (TPSA) is 50.4 Å². The molecule has 2 N–H and O–H groups in total. The van der Waals surface area contributed by atoms with Gasteiger partial charge in [0.2, 0.25) is 0 Å². The second-order valence-corrected chi connectivity index (χ2v) is 7.51. The summed E-state index contributed by atoms with van der Waals surface area (Å²) in [6.45, 7) is 5.82. The van der Waals surface area contributed by atoms with Crippen LogP contribution in [0.5, 0.6) is 0 Å². The maximum Gasteiger partial charge on any atom is 0.407 e. The molecule has 6 heteroatoms. The van der Waals surface area contributed by atoms with E-state index >= 15 is 0 Å². The number of alkyl carbamates (subject to hydrolysis) is 1. The highest BCUT2D eigenvalue weighted by molar-refractivity contribution is 6.30. The smallest absolute Gasteiger partial charge is 0.407 e. The van der Waals surface area contributed by atoms with Crippen LogP contribution in [0.2, 0.25) is 10.0 Å². The van der Waals surface area contributed by atoms with Gasteiger partial charge in [-0.25, -0.2) is 4.79 Å². The molecule has 0 aromatic heterocycles. The predicted octanol–water partition coefficient (Wildman–Crippen LogP) is 5.67. The summed E-state index contributed by atoms with van der Waals surface area (Å²) in [5.41, 5.74) is 1.30. The molecule has 0 unspecified atom stereocenters. The zero-order chi connectivity index (χ0) is 18.4. The van der Waals surface area contributed by atoms with E-state index in [4.69, 9.17) is 27.9 Å². The van der Waals surface area contributed by atoms with Crippen molar-refractivity contribution in [3.05, 3.63) is 64.1 Å². The first-order valence-corrected chi connectivity index (χ1v) is 8.73. The van der Waals surface area contributed by atoms with E-state index < -0.39 is 11.7 Å². The number of anilines is 1. The Morgan fingerprint density at radius 3 is 2.36 bits per heavy atom. The van der Waals surface area contributed by atoms with Crippen molar-refractivity contribution in [1.82, 2.24) is 5.32 Å². The highest BCUT2D eigenvalue weighted by atomic mass is 35.5. The van der Waals surface area contributed by atoms with Crippen LogP contribution in [0, 0.1) is 0 Å². The summed E-state index contributed by atoms with van der Waals surface area (Å²) in [6, 6.07) is 14.7. The van der Waals surface area contributed by atoms with E-state index in [9.17, 15) is 4.79 Å². The van der Waals surface area contributed by atoms with Crippen LogP contribution in [0.3, 0.4) is 0 Å². The first-order chi connectivity index (χ1) is 11.7. The molecule has 0 saturated carbocycles. The molecule has 0 aliphatic carbocycles. The Morgan fingerprint density at radius 1 is 1.08 bits per heavy atom. The van der Waals surface area contributed by atoms with Gasteiger partial charge in [-0.3, -0.25) is 0 Å². The number of rotatable bonds is 5. The van der Waals surface area contributed by atoms with Crippen molar-refractivity contribution in [1.29, 1.82) is 0 Å².